The van der Waals surface area contributed by atoms with E-state index in [1.165, 1.54) is 0 Å². The average molecular weight is 263 g/mol. The van der Waals surface area contributed by atoms with Crippen LogP contribution in [0.2, 0.25) is 0 Å². The van der Waals surface area contributed by atoms with E-state index in [9.17, 15) is 17.6 Å². The Morgan fingerprint density at radius 3 is 2.41 bits per heavy atom. The van der Waals surface area contributed by atoms with Gasteiger partial charge in [0.05, 0.1) is 5.56 Å². The minimum atomic E-state index is -4.65. The maximum atomic E-state index is 12.8. The van der Waals surface area contributed by atoms with Gasteiger partial charge in [-0.1, -0.05) is 11.3 Å². The minimum absolute atomic E-state index is 0.00910. The molecule has 2 rings (SSSR count). The number of halogens is 4. The third kappa shape index (κ3) is 2.36. The first kappa shape index (κ1) is 11.8. The molecule has 0 aliphatic carbocycles. The highest BCUT2D eigenvalue weighted by atomic mass is 32.1. The lowest BCUT2D eigenvalue weighted by Gasteiger charge is -2.10. The molecule has 0 saturated heterocycles. The highest BCUT2D eigenvalue weighted by Gasteiger charge is 2.35. The maximum Gasteiger partial charge on any atom is 0.417 e. The molecule has 8 heteroatoms. The molecule has 1 aromatic carbocycles. The minimum Gasteiger partial charge on any atom is -0.374 e. The number of benzene rings is 1. The number of rotatable bonds is 1. The van der Waals surface area contributed by atoms with Crippen LogP contribution in [0.4, 0.5) is 22.7 Å². The molecule has 0 unspecified atom stereocenters. The predicted octanol–water partition coefficient (Wildman–Crippen LogP) is 2.95. The summed E-state index contributed by atoms with van der Waals surface area (Å²) in [7, 11) is 0. The number of nitrogens with zero attached hydrogens (tertiary/aromatic N) is 2. The van der Waals surface area contributed by atoms with Crippen LogP contribution in [0.3, 0.4) is 0 Å². The van der Waals surface area contributed by atoms with E-state index in [2.05, 4.69) is 10.2 Å². The van der Waals surface area contributed by atoms with Gasteiger partial charge in [0.25, 0.3) is 0 Å². The number of alkyl halides is 3. The van der Waals surface area contributed by atoms with Gasteiger partial charge >= 0.3 is 6.18 Å². The summed E-state index contributed by atoms with van der Waals surface area (Å²) in [6.45, 7) is 0. The van der Waals surface area contributed by atoms with Crippen molar-refractivity contribution < 1.29 is 17.6 Å². The number of anilines is 1. The molecule has 0 amide bonds. The van der Waals surface area contributed by atoms with E-state index in [1.807, 2.05) is 0 Å². The molecule has 0 spiro atoms. The molecule has 0 aliphatic rings. The van der Waals surface area contributed by atoms with Crippen LogP contribution >= 0.6 is 11.3 Å². The number of hydrogen-bond donors (Lipinski definition) is 1. The van der Waals surface area contributed by atoms with Gasteiger partial charge < -0.3 is 5.73 Å². The Morgan fingerprint density at radius 2 is 1.88 bits per heavy atom. The zero-order valence-corrected chi connectivity index (χ0v) is 8.94. The summed E-state index contributed by atoms with van der Waals surface area (Å²) in [5, 5.41) is 7.00. The zero-order chi connectivity index (χ0) is 12.6. The monoisotopic (exact) mass is 263 g/mol. The number of aromatic nitrogens is 2. The summed E-state index contributed by atoms with van der Waals surface area (Å²) in [6.07, 6.45) is -4.65. The van der Waals surface area contributed by atoms with E-state index >= 15 is 0 Å². The van der Waals surface area contributed by atoms with Gasteiger partial charge in [-0.15, -0.1) is 10.2 Å². The lowest BCUT2D eigenvalue weighted by atomic mass is 10.1. The molecular weight excluding hydrogens is 258 g/mol. The van der Waals surface area contributed by atoms with Crippen molar-refractivity contribution in [3.63, 3.8) is 0 Å². The molecule has 90 valence electrons. The molecular formula is C9H5F4N3S. The fourth-order valence-electron chi connectivity index (χ4n) is 1.28. The molecule has 1 aromatic heterocycles. The van der Waals surface area contributed by atoms with E-state index in [-0.39, 0.29) is 15.7 Å². The highest BCUT2D eigenvalue weighted by Crippen LogP contribution is 2.38. The Morgan fingerprint density at radius 1 is 1.18 bits per heavy atom. The Labute approximate surface area is 96.9 Å². The van der Waals surface area contributed by atoms with E-state index in [4.69, 9.17) is 5.73 Å². The summed E-state index contributed by atoms with van der Waals surface area (Å²) in [5.41, 5.74) is 3.98. The van der Waals surface area contributed by atoms with Crippen LogP contribution in [-0.4, -0.2) is 10.2 Å². The van der Waals surface area contributed by atoms with Gasteiger partial charge in [-0.05, 0) is 18.2 Å². The topological polar surface area (TPSA) is 51.8 Å². The fourth-order valence-corrected chi connectivity index (χ4v) is 1.93. The van der Waals surface area contributed by atoms with Gasteiger partial charge in [-0.2, -0.15) is 13.2 Å². The van der Waals surface area contributed by atoms with Crippen LogP contribution < -0.4 is 5.73 Å². The van der Waals surface area contributed by atoms with Crippen molar-refractivity contribution in [1.82, 2.24) is 10.2 Å². The Hall–Kier alpha value is -1.70. The summed E-state index contributed by atoms with van der Waals surface area (Å²) in [5.74, 6) is -0.960. The molecule has 0 saturated carbocycles. The zero-order valence-electron chi connectivity index (χ0n) is 8.12. The lowest BCUT2D eigenvalue weighted by Crippen LogP contribution is -2.07. The summed E-state index contributed by atoms with van der Waals surface area (Å²) >= 11 is 0.810. The second kappa shape index (κ2) is 3.95. The van der Waals surface area contributed by atoms with Crippen molar-refractivity contribution in [3.05, 3.63) is 29.6 Å². The van der Waals surface area contributed by atoms with Gasteiger partial charge in [0.2, 0.25) is 5.13 Å². The van der Waals surface area contributed by atoms with Gasteiger partial charge in [0, 0.05) is 5.56 Å². The molecule has 0 radical (unpaired) electrons. The molecule has 0 bridgehead atoms. The van der Waals surface area contributed by atoms with Crippen molar-refractivity contribution in [2.24, 2.45) is 0 Å². The van der Waals surface area contributed by atoms with Gasteiger partial charge in [0.1, 0.15) is 10.8 Å². The number of hydrogen-bond acceptors (Lipinski definition) is 4. The summed E-state index contributed by atoms with van der Waals surface area (Å²) in [6, 6.07) is 2.37. The van der Waals surface area contributed by atoms with Crippen molar-refractivity contribution in [2.75, 3.05) is 5.73 Å². The van der Waals surface area contributed by atoms with E-state index in [1.54, 1.807) is 0 Å². The maximum absolute atomic E-state index is 12.8. The average Bonchev–Trinajstić information content (AvgIpc) is 2.63. The van der Waals surface area contributed by atoms with Crippen LogP contribution in [0.15, 0.2) is 18.2 Å². The van der Waals surface area contributed by atoms with Crippen molar-refractivity contribution in [2.45, 2.75) is 6.18 Å². The smallest absolute Gasteiger partial charge is 0.374 e. The molecule has 2 aromatic rings. The summed E-state index contributed by atoms with van der Waals surface area (Å²) < 4.78 is 50.9. The Kier molecular flexibility index (Phi) is 2.74. The molecule has 1 heterocycles. The van der Waals surface area contributed by atoms with Gasteiger partial charge in [-0.3, -0.25) is 0 Å². The van der Waals surface area contributed by atoms with Crippen LogP contribution in [-0.2, 0) is 6.18 Å². The van der Waals surface area contributed by atoms with Crippen LogP contribution in [0.5, 0.6) is 0 Å². The Balaban J connectivity index is 2.61. The number of nitrogen functional groups attached to an aromatic ring is 1. The SMILES string of the molecule is Nc1nnc(-c2ccc(F)cc2C(F)(F)F)s1. The number of nitrogens with two attached hydrogens (primary N) is 1. The molecule has 3 nitrogen and oxygen atoms in total. The van der Waals surface area contributed by atoms with E-state index < -0.39 is 17.6 Å². The van der Waals surface area contributed by atoms with Crippen LogP contribution in [0.1, 0.15) is 5.56 Å². The molecule has 0 fully saturated rings. The molecule has 0 aliphatic heterocycles. The van der Waals surface area contributed by atoms with Gasteiger partial charge in [0.15, 0.2) is 0 Å². The molecule has 17 heavy (non-hydrogen) atoms. The largest absolute Gasteiger partial charge is 0.417 e. The van der Waals surface area contributed by atoms with Crippen molar-refractivity contribution >= 4 is 16.5 Å². The standard InChI is InChI=1S/C9H5F4N3S/c10-4-1-2-5(6(3-4)9(11,12)13)7-15-16-8(14)17-7/h1-3H,(H2,14,16). The van der Waals surface area contributed by atoms with Crippen LogP contribution in [0.25, 0.3) is 10.6 Å². The first-order chi connectivity index (χ1) is 7.88. The third-order valence-corrected chi connectivity index (χ3v) is 2.74. The molecule has 2 N–H and O–H groups in total. The summed E-state index contributed by atoms with van der Waals surface area (Å²) in [4.78, 5) is 0. The quantitative estimate of drug-likeness (QED) is 0.805. The van der Waals surface area contributed by atoms with Crippen molar-refractivity contribution in [3.8, 4) is 10.6 Å². The van der Waals surface area contributed by atoms with Crippen molar-refractivity contribution in [1.29, 1.82) is 0 Å². The third-order valence-electron chi connectivity index (χ3n) is 1.96. The normalized spacial score (nSPS) is 11.8. The second-order valence-corrected chi connectivity index (χ2v) is 4.14. The van der Waals surface area contributed by atoms with Crippen LogP contribution in [0, 0.1) is 5.82 Å². The Bertz CT molecular complexity index is 549. The highest BCUT2D eigenvalue weighted by molar-refractivity contribution is 7.18. The second-order valence-electron chi connectivity index (χ2n) is 3.13. The van der Waals surface area contributed by atoms with E-state index in [0.29, 0.717) is 6.07 Å². The predicted molar refractivity (Wildman–Crippen MR) is 54.7 cm³/mol. The lowest BCUT2D eigenvalue weighted by molar-refractivity contribution is -0.137. The first-order valence-electron chi connectivity index (χ1n) is 4.34. The van der Waals surface area contributed by atoms with E-state index in [0.717, 1.165) is 23.5 Å². The van der Waals surface area contributed by atoms with Gasteiger partial charge in [-0.25, -0.2) is 4.39 Å². The fraction of sp³-hybridized carbons (Fsp3) is 0.111. The first-order valence-corrected chi connectivity index (χ1v) is 5.15. The molecule has 0 atom stereocenters.